The van der Waals surface area contributed by atoms with Crippen LogP contribution in [0.5, 0.6) is 11.5 Å². The van der Waals surface area contributed by atoms with E-state index in [1.54, 1.807) is 0 Å². The summed E-state index contributed by atoms with van der Waals surface area (Å²) >= 11 is 0. The lowest BCUT2D eigenvalue weighted by Crippen LogP contribution is -2.22. The number of benzene rings is 1. The molecule has 1 rings (SSSR count). The topological polar surface area (TPSA) is 39.7 Å². The van der Waals surface area contributed by atoms with E-state index in [2.05, 4.69) is 25.2 Å². The van der Waals surface area contributed by atoms with E-state index in [-0.39, 0.29) is 6.10 Å². The molecule has 1 aromatic carbocycles. The van der Waals surface area contributed by atoms with Gasteiger partial charge >= 0.3 is 0 Å². The highest BCUT2D eigenvalue weighted by Crippen LogP contribution is 2.31. The van der Waals surface area contributed by atoms with Crippen molar-refractivity contribution >= 4 is 0 Å². The summed E-state index contributed by atoms with van der Waals surface area (Å²) in [6.45, 7) is 12.8. The van der Waals surface area contributed by atoms with E-state index in [1.807, 2.05) is 32.9 Å². The van der Waals surface area contributed by atoms with Gasteiger partial charge in [0.15, 0.2) is 11.5 Å². The molecule has 0 saturated heterocycles. The largest absolute Gasteiger partial charge is 0.490 e. The lowest BCUT2D eigenvalue weighted by atomic mass is 10.1. The fourth-order valence-corrected chi connectivity index (χ4v) is 1.88. The fraction of sp³-hybridized carbons (Fsp3) is 0.647. The molecule has 0 unspecified atom stereocenters. The van der Waals surface area contributed by atoms with Crippen LogP contribution in [0, 0.1) is 0 Å². The Hall–Kier alpha value is -1.26. The number of nitrogens with one attached hydrogen (secondary N) is 1. The van der Waals surface area contributed by atoms with Crippen LogP contribution >= 0.6 is 0 Å². The van der Waals surface area contributed by atoms with E-state index in [0.29, 0.717) is 25.9 Å². The zero-order chi connectivity index (χ0) is 15.7. The van der Waals surface area contributed by atoms with E-state index >= 15 is 0 Å². The van der Waals surface area contributed by atoms with Crippen molar-refractivity contribution in [3.63, 3.8) is 0 Å². The van der Waals surface area contributed by atoms with Crippen LogP contribution < -0.4 is 14.8 Å². The Morgan fingerprint density at radius 1 is 1.05 bits per heavy atom. The maximum Gasteiger partial charge on any atom is 0.165 e. The van der Waals surface area contributed by atoms with Gasteiger partial charge in [0.1, 0.15) is 6.61 Å². The van der Waals surface area contributed by atoms with Crippen LogP contribution in [-0.4, -0.2) is 32.0 Å². The molecule has 120 valence electrons. The first-order chi connectivity index (χ1) is 10.0. The number of hydrogen-bond acceptors (Lipinski definition) is 4. The molecule has 0 aliphatic carbocycles. The summed E-state index contributed by atoms with van der Waals surface area (Å²) in [5, 5.41) is 3.41. The molecule has 0 radical (unpaired) electrons. The van der Waals surface area contributed by atoms with Crippen molar-refractivity contribution in [2.24, 2.45) is 0 Å². The number of rotatable bonds is 10. The molecule has 0 atom stereocenters. The van der Waals surface area contributed by atoms with E-state index in [9.17, 15) is 0 Å². The molecule has 4 heteroatoms. The van der Waals surface area contributed by atoms with Gasteiger partial charge in [-0.2, -0.15) is 0 Å². The zero-order valence-electron chi connectivity index (χ0n) is 13.9. The second-order valence-corrected chi connectivity index (χ2v) is 5.48. The van der Waals surface area contributed by atoms with Crippen LogP contribution in [0.3, 0.4) is 0 Å². The summed E-state index contributed by atoms with van der Waals surface area (Å²) in [4.78, 5) is 0. The van der Waals surface area contributed by atoms with Crippen molar-refractivity contribution in [3.8, 4) is 11.5 Å². The predicted molar refractivity (Wildman–Crippen MR) is 86.2 cm³/mol. The molecule has 0 bridgehead atoms. The Kier molecular flexibility index (Phi) is 8.16. The van der Waals surface area contributed by atoms with Crippen LogP contribution in [0.1, 0.15) is 40.2 Å². The first-order valence-corrected chi connectivity index (χ1v) is 7.77. The molecule has 0 aliphatic heterocycles. The van der Waals surface area contributed by atoms with E-state index in [0.717, 1.165) is 23.6 Å². The van der Waals surface area contributed by atoms with Gasteiger partial charge in [0.05, 0.1) is 19.3 Å². The summed E-state index contributed by atoms with van der Waals surface area (Å²) < 4.78 is 17.1. The third kappa shape index (κ3) is 6.82. The van der Waals surface area contributed by atoms with Crippen LogP contribution in [0.15, 0.2) is 18.2 Å². The minimum atomic E-state index is 0.220. The fourth-order valence-electron chi connectivity index (χ4n) is 1.88. The highest BCUT2D eigenvalue weighted by atomic mass is 16.5. The number of hydrogen-bond donors (Lipinski definition) is 1. The van der Waals surface area contributed by atoms with Crippen molar-refractivity contribution in [2.75, 3.05) is 19.8 Å². The van der Waals surface area contributed by atoms with Crippen molar-refractivity contribution in [1.29, 1.82) is 0 Å². The molecule has 1 aromatic rings. The Labute approximate surface area is 128 Å². The van der Waals surface area contributed by atoms with Gasteiger partial charge < -0.3 is 19.5 Å². The third-order valence-corrected chi connectivity index (χ3v) is 2.84. The summed E-state index contributed by atoms with van der Waals surface area (Å²) in [5.74, 6) is 1.62. The van der Waals surface area contributed by atoms with E-state index in [4.69, 9.17) is 14.2 Å². The van der Waals surface area contributed by atoms with Crippen molar-refractivity contribution < 1.29 is 14.2 Å². The molecule has 0 spiro atoms. The maximum atomic E-state index is 5.91. The Bertz CT molecular complexity index is 405. The summed E-state index contributed by atoms with van der Waals surface area (Å²) in [7, 11) is 0. The smallest absolute Gasteiger partial charge is 0.165 e. The molecule has 0 heterocycles. The Balaban J connectivity index is 2.73. The van der Waals surface area contributed by atoms with Crippen molar-refractivity contribution in [2.45, 2.75) is 53.3 Å². The minimum absolute atomic E-state index is 0.220. The normalized spacial score (nSPS) is 11.2. The molecule has 21 heavy (non-hydrogen) atoms. The minimum Gasteiger partial charge on any atom is -0.490 e. The van der Waals surface area contributed by atoms with Crippen LogP contribution in [0.4, 0.5) is 0 Å². The molecule has 0 fully saturated rings. The molecule has 0 amide bonds. The molecule has 1 N–H and O–H groups in total. The number of ether oxygens (including phenoxy) is 3. The first kappa shape index (κ1) is 17.8. The molecule has 0 saturated carbocycles. The highest BCUT2D eigenvalue weighted by molar-refractivity contribution is 5.46. The number of para-hydroxylation sites is 1. The van der Waals surface area contributed by atoms with Crippen LogP contribution in [0.2, 0.25) is 0 Å². The standard InChI is InChI=1S/C17H29NO3/c1-6-19-16-9-7-8-15(12-18-13(2)3)17(16)21-11-10-20-14(4)5/h7-9,13-14,18H,6,10-12H2,1-5H3. The lowest BCUT2D eigenvalue weighted by Gasteiger charge is -2.17. The van der Waals surface area contributed by atoms with E-state index < -0.39 is 0 Å². The summed E-state index contributed by atoms with van der Waals surface area (Å²) in [6, 6.07) is 6.44. The lowest BCUT2D eigenvalue weighted by molar-refractivity contribution is 0.0543. The van der Waals surface area contributed by atoms with Gasteiger partial charge in [-0.25, -0.2) is 0 Å². The van der Waals surface area contributed by atoms with E-state index in [1.165, 1.54) is 0 Å². The van der Waals surface area contributed by atoms with Crippen molar-refractivity contribution in [1.82, 2.24) is 5.32 Å². The van der Waals surface area contributed by atoms with Gasteiger partial charge in [-0.3, -0.25) is 0 Å². The highest BCUT2D eigenvalue weighted by Gasteiger charge is 2.11. The quantitative estimate of drug-likeness (QED) is 0.672. The van der Waals surface area contributed by atoms with Gasteiger partial charge in [-0.05, 0) is 26.8 Å². The van der Waals surface area contributed by atoms with Gasteiger partial charge in [0.25, 0.3) is 0 Å². The van der Waals surface area contributed by atoms with Gasteiger partial charge in [-0.1, -0.05) is 26.0 Å². The summed E-state index contributed by atoms with van der Waals surface area (Å²) in [6.07, 6.45) is 0.220. The van der Waals surface area contributed by atoms with Crippen LogP contribution in [-0.2, 0) is 11.3 Å². The average Bonchev–Trinajstić information content (AvgIpc) is 2.43. The molecule has 4 nitrogen and oxygen atoms in total. The second-order valence-electron chi connectivity index (χ2n) is 5.48. The molecular weight excluding hydrogens is 266 g/mol. The zero-order valence-corrected chi connectivity index (χ0v) is 13.9. The monoisotopic (exact) mass is 295 g/mol. The van der Waals surface area contributed by atoms with Gasteiger partial charge in [0, 0.05) is 18.2 Å². The van der Waals surface area contributed by atoms with Gasteiger partial charge in [0.2, 0.25) is 0 Å². The molecule has 0 aliphatic rings. The summed E-state index contributed by atoms with van der Waals surface area (Å²) in [5.41, 5.74) is 1.11. The van der Waals surface area contributed by atoms with Gasteiger partial charge in [-0.15, -0.1) is 0 Å². The Morgan fingerprint density at radius 3 is 2.43 bits per heavy atom. The maximum absolute atomic E-state index is 5.91. The average molecular weight is 295 g/mol. The molecule has 0 aromatic heterocycles. The molecular formula is C17H29NO3. The predicted octanol–water partition coefficient (Wildman–Crippen LogP) is 3.39. The third-order valence-electron chi connectivity index (χ3n) is 2.84. The van der Waals surface area contributed by atoms with Crippen molar-refractivity contribution in [3.05, 3.63) is 23.8 Å². The second kappa shape index (κ2) is 9.64. The SMILES string of the molecule is CCOc1cccc(CNC(C)C)c1OCCOC(C)C. The first-order valence-electron chi connectivity index (χ1n) is 7.77. The van der Waals surface area contributed by atoms with Crippen LogP contribution in [0.25, 0.3) is 0 Å². The Morgan fingerprint density at radius 2 is 1.81 bits per heavy atom.